The summed E-state index contributed by atoms with van der Waals surface area (Å²) in [6, 6.07) is 26.4. The van der Waals surface area contributed by atoms with Crippen LogP contribution in [0, 0.1) is 50.3 Å². The standard InChI is InChI=1S/2C15H11F2O2.2CH3.Ti/c2*16-12-6-7-13(14(17)8-12)15(18)10-19-9-11-4-2-1-3-5-11;;;/h2*1-7H,9-10H2;2*1H3;/q4*-1;+4. The average molecular weight is 600 g/mol. The molecule has 0 saturated heterocycles. The van der Waals surface area contributed by atoms with Crippen LogP contribution in [-0.2, 0) is 44.4 Å². The van der Waals surface area contributed by atoms with E-state index in [1.807, 2.05) is 72.8 Å². The largest absolute Gasteiger partial charge is 4.00 e. The molecular weight excluding hydrogens is 572 g/mol. The van der Waals surface area contributed by atoms with Gasteiger partial charge in [0, 0.05) is 23.3 Å². The maximum absolute atomic E-state index is 13.3. The van der Waals surface area contributed by atoms with E-state index in [0.717, 1.165) is 35.4 Å². The van der Waals surface area contributed by atoms with Crippen molar-refractivity contribution in [2.24, 2.45) is 0 Å². The van der Waals surface area contributed by atoms with Crippen LogP contribution in [0.2, 0.25) is 0 Å². The maximum atomic E-state index is 13.3. The summed E-state index contributed by atoms with van der Waals surface area (Å²) in [5, 5.41) is 0. The van der Waals surface area contributed by atoms with E-state index in [0.29, 0.717) is 0 Å². The second kappa shape index (κ2) is 19.6. The van der Waals surface area contributed by atoms with Crippen LogP contribution in [0.15, 0.2) is 84.9 Å². The van der Waals surface area contributed by atoms with Gasteiger partial charge in [-0.15, -0.1) is 24.3 Å². The van der Waals surface area contributed by atoms with Crippen LogP contribution >= 0.6 is 0 Å². The van der Waals surface area contributed by atoms with E-state index in [-0.39, 0.29) is 74.1 Å². The topological polar surface area (TPSA) is 52.6 Å². The van der Waals surface area contributed by atoms with Crippen LogP contribution in [0.3, 0.4) is 0 Å². The molecule has 0 fully saturated rings. The molecule has 0 aromatic heterocycles. The maximum Gasteiger partial charge on any atom is 4.00 e. The van der Waals surface area contributed by atoms with Crippen LogP contribution in [0.5, 0.6) is 0 Å². The number of halogens is 4. The van der Waals surface area contributed by atoms with Crippen molar-refractivity contribution < 1.29 is 58.3 Å². The molecule has 0 N–H and O–H groups in total. The van der Waals surface area contributed by atoms with E-state index in [9.17, 15) is 27.2 Å². The molecule has 0 radical (unpaired) electrons. The number of benzene rings is 4. The van der Waals surface area contributed by atoms with Gasteiger partial charge in [0.25, 0.3) is 0 Å². The van der Waals surface area contributed by atoms with Gasteiger partial charge in [-0.25, -0.2) is 17.6 Å². The van der Waals surface area contributed by atoms with Gasteiger partial charge in [0.1, 0.15) is 11.6 Å². The van der Waals surface area contributed by atoms with Crippen LogP contribution in [0.25, 0.3) is 0 Å². The molecule has 4 aromatic rings. The van der Waals surface area contributed by atoms with Crippen molar-refractivity contribution in [3.8, 4) is 0 Å². The van der Waals surface area contributed by atoms with Gasteiger partial charge in [0.2, 0.25) is 0 Å². The van der Waals surface area contributed by atoms with Crippen molar-refractivity contribution in [3.63, 3.8) is 0 Å². The quantitative estimate of drug-likeness (QED) is 0.0835. The van der Waals surface area contributed by atoms with Crippen LogP contribution in [0.1, 0.15) is 31.8 Å². The van der Waals surface area contributed by atoms with Gasteiger partial charge in [-0.05, 0) is 11.1 Å². The van der Waals surface area contributed by atoms with Crippen molar-refractivity contribution in [1.82, 2.24) is 0 Å². The van der Waals surface area contributed by atoms with Gasteiger partial charge in [-0.3, -0.25) is 0 Å². The molecule has 0 aliphatic heterocycles. The Labute approximate surface area is 253 Å². The molecule has 41 heavy (non-hydrogen) atoms. The van der Waals surface area contributed by atoms with Crippen molar-refractivity contribution >= 4 is 11.6 Å². The first-order chi connectivity index (χ1) is 18.3. The summed E-state index contributed by atoms with van der Waals surface area (Å²) in [5.41, 5.74) is 1.41. The van der Waals surface area contributed by atoms with Gasteiger partial charge < -0.3 is 33.9 Å². The number of rotatable bonds is 10. The fourth-order valence-corrected chi connectivity index (χ4v) is 3.14. The molecule has 212 valence electrons. The number of carbonyl (C=O) groups is 2. The van der Waals surface area contributed by atoms with Gasteiger partial charge in [-0.1, -0.05) is 71.8 Å². The Balaban J connectivity index is 0.000000727. The van der Waals surface area contributed by atoms with Crippen molar-refractivity contribution in [3.05, 3.63) is 157 Å². The van der Waals surface area contributed by atoms with Crippen molar-refractivity contribution in [1.29, 1.82) is 0 Å². The molecule has 0 amide bonds. The van der Waals surface area contributed by atoms with E-state index >= 15 is 0 Å². The molecule has 0 aliphatic carbocycles. The molecule has 9 heteroatoms. The molecule has 4 rings (SSSR count). The van der Waals surface area contributed by atoms with E-state index in [1.54, 1.807) is 0 Å². The summed E-state index contributed by atoms with van der Waals surface area (Å²) in [7, 11) is 0. The van der Waals surface area contributed by atoms with Gasteiger partial charge in [0.05, 0.1) is 26.4 Å². The van der Waals surface area contributed by atoms with Crippen molar-refractivity contribution in [2.45, 2.75) is 13.2 Å². The monoisotopic (exact) mass is 600 g/mol. The Kier molecular flexibility index (Phi) is 18.0. The first kappa shape index (κ1) is 37.6. The molecule has 0 aliphatic rings. The minimum Gasteiger partial charge on any atom is -0.370 e. The molecule has 4 aromatic carbocycles. The fourth-order valence-electron chi connectivity index (χ4n) is 3.14. The number of ether oxygens (including phenoxy) is 2. The first-order valence-corrected chi connectivity index (χ1v) is 11.4. The summed E-state index contributed by atoms with van der Waals surface area (Å²) in [4.78, 5) is 23.3. The molecule has 0 unspecified atom stereocenters. The SMILES string of the molecule is O=C(COCc1ccccc1)c1ccc(F)[c-]c1F.O=C(COCc1ccccc1)c1ccc(F)[c-]c1F.[CH3-].[CH3-].[Ti+4]. The third-order valence-corrected chi connectivity index (χ3v) is 5.01. The predicted molar refractivity (Wildman–Crippen MR) is 144 cm³/mol. The molecule has 0 saturated carbocycles. The van der Waals surface area contributed by atoms with Crippen LogP contribution < -0.4 is 0 Å². The zero-order valence-electron chi connectivity index (χ0n) is 22.6. The predicted octanol–water partition coefficient (Wildman–Crippen LogP) is 7.23. The summed E-state index contributed by atoms with van der Waals surface area (Å²) in [6.45, 7) is 0.00872. The zero-order chi connectivity index (χ0) is 27.3. The average Bonchev–Trinajstić information content (AvgIpc) is 2.90. The molecule has 4 nitrogen and oxygen atoms in total. The van der Waals surface area contributed by atoms with E-state index in [4.69, 9.17) is 9.47 Å². The minimum atomic E-state index is -0.992. The van der Waals surface area contributed by atoms with E-state index in [1.165, 1.54) is 0 Å². The molecule has 0 bridgehead atoms. The molecule has 0 atom stereocenters. The molecular formula is C32H28F4O4Ti. The normalized spacial score (nSPS) is 9.66. The smallest absolute Gasteiger partial charge is 0.370 e. The summed E-state index contributed by atoms with van der Waals surface area (Å²) in [5.74, 6) is -4.73. The second-order valence-corrected chi connectivity index (χ2v) is 7.87. The number of hydrogen-bond acceptors (Lipinski definition) is 4. The third-order valence-electron chi connectivity index (χ3n) is 5.01. The number of Topliss-reactive ketones (excluding diaryl/α,β-unsaturated/α-hetero) is 2. The van der Waals surface area contributed by atoms with E-state index in [2.05, 4.69) is 0 Å². The summed E-state index contributed by atoms with van der Waals surface area (Å²) < 4.78 is 62.2. The summed E-state index contributed by atoms with van der Waals surface area (Å²) in [6.07, 6.45) is 0. The Hall–Kier alpha value is -3.43. The Morgan fingerprint density at radius 2 is 0.902 bits per heavy atom. The Bertz CT molecular complexity index is 1250. The van der Waals surface area contributed by atoms with Gasteiger partial charge >= 0.3 is 21.7 Å². The summed E-state index contributed by atoms with van der Waals surface area (Å²) >= 11 is 0. The van der Waals surface area contributed by atoms with Crippen LogP contribution in [-0.4, -0.2) is 24.8 Å². The first-order valence-electron chi connectivity index (χ1n) is 11.4. The zero-order valence-corrected chi connectivity index (χ0v) is 24.1. The molecule has 0 heterocycles. The van der Waals surface area contributed by atoms with Gasteiger partial charge in [0.15, 0.2) is 0 Å². The number of ketones is 2. The fraction of sp³-hybridized carbons (Fsp3) is 0.125. The van der Waals surface area contributed by atoms with Crippen molar-refractivity contribution in [2.75, 3.05) is 13.2 Å². The number of hydrogen-bond donors (Lipinski definition) is 0. The Morgan fingerprint density at radius 1 is 0.561 bits per heavy atom. The third kappa shape index (κ3) is 12.7. The Morgan fingerprint density at radius 3 is 1.22 bits per heavy atom. The van der Waals surface area contributed by atoms with Gasteiger partial charge in [-0.2, -0.15) is 12.1 Å². The minimum absolute atomic E-state index is 0. The van der Waals surface area contributed by atoms with E-state index < -0.39 is 34.8 Å². The van der Waals surface area contributed by atoms with Crippen LogP contribution in [0.4, 0.5) is 17.6 Å². The second-order valence-electron chi connectivity index (χ2n) is 7.87. The molecule has 0 spiro atoms. The number of carbonyl (C=O) groups excluding carboxylic acids is 2.